The van der Waals surface area contributed by atoms with E-state index >= 15 is 0 Å². The molecule has 3 nitrogen and oxygen atoms in total. The Morgan fingerprint density at radius 3 is 2.32 bits per heavy atom. The molecule has 3 saturated carbocycles. The standard InChI is InChI=1S/C14H17FN2O.ClH/c1-9(13-6-14(16,7-13)8-13)12(18)17-11-4-2-10(15)3-5-11;/h2-5,9H,6-8,16H2,1H3,(H,17,18);1H/t9-,13?,14?;/m0./s1. The summed E-state index contributed by atoms with van der Waals surface area (Å²) in [4.78, 5) is 12.1. The van der Waals surface area contributed by atoms with Gasteiger partial charge in [-0.3, -0.25) is 4.79 Å². The van der Waals surface area contributed by atoms with Gasteiger partial charge in [-0.2, -0.15) is 0 Å². The molecule has 0 heterocycles. The molecule has 3 aliphatic rings. The Hall–Kier alpha value is -1.13. The van der Waals surface area contributed by atoms with Crippen molar-refractivity contribution in [1.82, 2.24) is 0 Å². The number of carbonyl (C=O) groups is 1. The number of benzene rings is 1. The van der Waals surface area contributed by atoms with Gasteiger partial charge in [0.05, 0.1) is 0 Å². The molecule has 0 spiro atoms. The summed E-state index contributed by atoms with van der Waals surface area (Å²) in [6.07, 6.45) is 2.87. The van der Waals surface area contributed by atoms with E-state index in [2.05, 4.69) is 5.32 Å². The van der Waals surface area contributed by atoms with Crippen LogP contribution in [0.2, 0.25) is 0 Å². The smallest absolute Gasteiger partial charge is 0.227 e. The number of nitrogens with one attached hydrogen (secondary N) is 1. The van der Waals surface area contributed by atoms with Gasteiger partial charge in [-0.1, -0.05) is 6.92 Å². The van der Waals surface area contributed by atoms with E-state index in [-0.39, 0.29) is 41.0 Å². The van der Waals surface area contributed by atoms with Gasteiger partial charge < -0.3 is 11.1 Å². The van der Waals surface area contributed by atoms with E-state index in [1.54, 1.807) is 12.1 Å². The molecule has 1 aromatic rings. The zero-order valence-corrected chi connectivity index (χ0v) is 11.6. The molecular weight excluding hydrogens is 267 g/mol. The van der Waals surface area contributed by atoms with Gasteiger partial charge in [0.1, 0.15) is 5.82 Å². The summed E-state index contributed by atoms with van der Waals surface area (Å²) in [6.45, 7) is 1.96. The average molecular weight is 285 g/mol. The van der Waals surface area contributed by atoms with Crippen LogP contribution in [0.4, 0.5) is 10.1 Å². The lowest BCUT2D eigenvalue weighted by Crippen LogP contribution is -2.75. The lowest BCUT2D eigenvalue weighted by molar-refractivity contribution is -0.174. The molecule has 0 saturated heterocycles. The van der Waals surface area contributed by atoms with Crippen molar-refractivity contribution in [3.8, 4) is 0 Å². The zero-order chi connectivity index (χ0) is 13.0. The largest absolute Gasteiger partial charge is 0.326 e. The number of carbonyl (C=O) groups excluding carboxylic acids is 1. The highest BCUT2D eigenvalue weighted by atomic mass is 35.5. The van der Waals surface area contributed by atoms with Crippen molar-refractivity contribution < 1.29 is 9.18 Å². The lowest BCUT2D eigenvalue weighted by Gasteiger charge is -2.71. The van der Waals surface area contributed by atoms with Gasteiger partial charge in [0.15, 0.2) is 0 Å². The summed E-state index contributed by atoms with van der Waals surface area (Å²) < 4.78 is 12.8. The first-order valence-corrected chi connectivity index (χ1v) is 6.28. The second-order valence-electron chi connectivity index (χ2n) is 5.97. The molecule has 19 heavy (non-hydrogen) atoms. The Morgan fingerprint density at radius 2 is 1.84 bits per heavy atom. The van der Waals surface area contributed by atoms with Crippen LogP contribution in [-0.4, -0.2) is 11.4 Å². The molecule has 3 fully saturated rings. The molecule has 1 atom stereocenters. The summed E-state index contributed by atoms with van der Waals surface area (Å²) >= 11 is 0. The van der Waals surface area contributed by atoms with Gasteiger partial charge in [0.2, 0.25) is 5.91 Å². The summed E-state index contributed by atoms with van der Waals surface area (Å²) in [5.41, 5.74) is 6.79. The Kier molecular flexibility index (Phi) is 3.35. The van der Waals surface area contributed by atoms with E-state index < -0.39 is 0 Å². The van der Waals surface area contributed by atoms with Crippen LogP contribution >= 0.6 is 12.4 Å². The van der Waals surface area contributed by atoms with Crippen LogP contribution < -0.4 is 11.1 Å². The van der Waals surface area contributed by atoms with Crippen LogP contribution in [0.5, 0.6) is 0 Å². The molecule has 2 bridgehead atoms. The summed E-state index contributed by atoms with van der Waals surface area (Å²) in [6, 6.07) is 5.84. The van der Waals surface area contributed by atoms with Crippen molar-refractivity contribution in [2.75, 3.05) is 5.32 Å². The lowest BCUT2D eigenvalue weighted by atomic mass is 9.36. The van der Waals surface area contributed by atoms with E-state index in [1.807, 2.05) is 6.92 Å². The molecular formula is C14H18ClFN2O. The predicted octanol–water partition coefficient (Wildman–Crippen LogP) is 2.70. The maximum absolute atomic E-state index is 12.8. The van der Waals surface area contributed by atoms with Crippen molar-refractivity contribution in [3.63, 3.8) is 0 Å². The van der Waals surface area contributed by atoms with Crippen molar-refractivity contribution in [3.05, 3.63) is 30.1 Å². The first-order chi connectivity index (χ1) is 8.42. The van der Waals surface area contributed by atoms with Crippen molar-refractivity contribution in [1.29, 1.82) is 0 Å². The number of hydrogen-bond acceptors (Lipinski definition) is 2. The molecule has 5 heteroatoms. The third kappa shape index (κ3) is 2.23. The molecule has 0 aromatic heterocycles. The van der Waals surface area contributed by atoms with Crippen LogP contribution in [-0.2, 0) is 4.79 Å². The number of anilines is 1. The topological polar surface area (TPSA) is 55.1 Å². The van der Waals surface area contributed by atoms with Crippen molar-refractivity contribution in [2.24, 2.45) is 17.1 Å². The quantitative estimate of drug-likeness (QED) is 0.897. The third-order valence-electron chi connectivity index (χ3n) is 4.54. The Morgan fingerprint density at radius 1 is 1.32 bits per heavy atom. The number of nitrogens with two attached hydrogens (primary N) is 1. The number of hydrogen-bond donors (Lipinski definition) is 2. The van der Waals surface area contributed by atoms with Gasteiger partial charge >= 0.3 is 0 Å². The average Bonchev–Trinajstić information content (AvgIpc) is 2.26. The second-order valence-corrected chi connectivity index (χ2v) is 5.97. The van der Waals surface area contributed by atoms with Gasteiger partial charge in [0.25, 0.3) is 0 Å². The minimum atomic E-state index is -0.300. The summed E-state index contributed by atoms with van der Waals surface area (Å²) in [5, 5.41) is 2.83. The van der Waals surface area contributed by atoms with E-state index in [1.165, 1.54) is 12.1 Å². The minimum absolute atomic E-state index is 0. The van der Waals surface area contributed by atoms with Gasteiger partial charge in [0, 0.05) is 17.1 Å². The highest BCUT2D eigenvalue weighted by molar-refractivity contribution is 5.93. The fourth-order valence-electron chi connectivity index (χ4n) is 3.47. The molecule has 1 aromatic carbocycles. The van der Waals surface area contributed by atoms with E-state index in [9.17, 15) is 9.18 Å². The highest BCUT2D eigenvalue weighted by Gasteiger charge is 2.68. The SMILES string of the molecule is C[C@@H](C(=O)Nc1ccc(F)cc1)C12CC(N)(C1)C2.Cl. The fraction of sp³-hybridized carbons (Fsp3) is 0.500. The number of rotatable bonds is 3. The third-order valence-corrected chi connectivity index (χ3v) is 4.54. The Balaban J connectivity index is 0.00000133. The highest BCUT2D eigenvalue weighted by Crippen LogP contribution is 2.69. The maximum Gasteiger partial charge on any atom is 0.227 e. The summed E-state index contributed by atoms with van der Waals surface area (Å²) in [5.74, 6) is -0.332. The molecule has 104 valence electrons. The van der Waals surface area contributed by atoms with Crippen molar-refractivity contribution in [2.45, 2.75) is 31.7 Å². The first-order valence-electron chi connectivity index (χ1n) is 6.28. The van der Waals surface area contributed by atoms with Crippen LogP contribution in [0.25, 0.3) is 0 Å². The predicted molar refractivity (Wildman–Crippen MR) is 74.6 cm³/mol. The van der Waals surface area contributed by atoms with Gasteiger partial charge in [-0.05, 0) is 48.9 Å². The second kappa shape index (κ2) is 4.46. The Bertz CT molecular complexity index is 483. The molecule has 1 amide bonds. The minimum Gasteiger partial charge on any atom is -0.326 e. The molecule has 3 aliphatic carbocycles. The maximum atomic E-state index is 12.8. The first kappa shape index (κ1) is 14.3. The van der Waals surface area contributed by atoms with Gasteiger partial charge in [-0.25, -0.2) is 4.39 Å². The molecule has 4 rings (SSSR count). The number of amides is 1. The molecule has 0 radical (unpaired) electrons. The van der Waals surface area contributed by atoms with Gasteiger partial charge in [-0.15, -0.1) is 12.4 Å². The molecule has 3 N–H and O–H groups in total. The Labute approximate surface area is 118 Å². The molecule has 0 aliphatic heterocycles. The zero-order valence-electron chi connectivity index (χ0n) is 10.8. The van der Waals surface area contributed by atoms with Crippen LogP contribution in [0.15, 0.2) is 24.3 Å². The van der Waals surface area contributed by atoms with Crippen LogP contribution in [0.1, 0.15) is 26.2 Å². The normalized spacial score (nSPS) is 32.4. The van der Waals surface area contributed by atoms with Crippen LogP contribution in [0, 0.1) is 17.2 Å². The molecule has 0 unspecified atom stereocenters. The number of halogens is 2. The van der Waals surface area contributed by atoms with Crippen molar-refractivity contribution >= 4 is 24.0 Å². The summed E-state index contributed by atoms with van der Waals surface area (Å²) in [7, 11) is 0. The van der Waals surface area contributed by atoms with Crippen LogP contribution in [0.3, 0.4) is 0 Å². The monoisotopic (exact) mass is 284 g/mol. The fourth-order valence-corrected chi connectivity index (χ4v) is 3.47. The van der Waals surface area contributed by atoms with E-state index in [4.69, 9.17) is 5.73 Å². The van der Waals surface area contributed by atoms with E-state index in [0.29, 0.717) is 5.69 Å². The van der Waals surface area contributed by atoms with E-state index in [0.717, 1.165) is 19.3 Å².